The number of benzene rings is 1. The molecule has 0 amide bonds. The van der Waals surface area contributed by atoms with Crippen LogP contribution in [-0.4, -0.2) is 39.3 Å². The summed E-state index contributed by atoms with van der Waals surface area (Å²) in [7, 11) is 0. The molecule has 1 saturated carbocycles. The Bertz CT molecular complexity index is 1070. The minimum Gasteiger partial charge on any atom is -0.474 e. The third kappa shape index (κ3) is 4.77. The van der Waals surface area contributed by atoms with Gasteiger partial charge in [-0.2, -0.15) is 4.98 Å². The number of rotatable bonds is 6. The highest BCUT2D eigenvalue weighted by Gasteiger charge is 2.39. The van der Waals surface area contributed by atoms with Crippen molar-refractivity contribution in [2.75, 3.05) is 18.4 Å². The average Bonchev–Trinajstić information content (AvgIpc) is 3.11. The van der Waals surface area contributed by atoms with Gasteiger partial charge in [-0.15, -0.1) is 11.3 Å². The summed E-state index contributed by atoms with van der Waals surface area (Å²) in [6.07, 6.45) is 9.57. The van der Waals surface area contributed by atoms with Crippen LogP contribution in [0.4, 0.5) is 11.6 Å². The smallest absolute Gasteiger partial charge is 0.230 e. The molecule has 32 heavy (non-hydrogen) atoms. The number of aryl methyl sites for hydroxylation is 1. The lowest BCUT2D eigenvalue weighted by Crippen LogP contribution is -2.33. The van der Waals surface area contributed by atoms with Crippen molar-refractivity contribution in [3.8, 4) is 16.3 Å². The molecule has 2 fully saturated rings. The van der Waals surface area contributed by atoms with Crippen LogP contribution in [-0.2, 0) is 5.60 Å². The first-order valence-electron chi connectivity index (χ1n) is 11.4. The molecule has 1 aliphatic heterocycles. The van der Waals surface area contributed by atoms with E-state index in [9.17, 15) is 5.11 Å². The highest BCUT2D eigenvalue weighted by molar-refractivity contribution is 7.15. The van der Waals surface area contributed by atoms with Gasteiger partial charge in [0.05, 0.1) is 4.88 Å². The topological polar surface area (TPSA) is 92.2 Å². The van der Waals surface area contributed by atoms with Gasteiger partial charge >= 0.3 is 0 Å². The molecule has 3 heterocycles. The number of hydrogen-bond donors (Lipinski definition) is 3. The Morgan fingerprint density at radius 2 is 2.06 bits per heavy atom. The van der Waals surface area contributed by atoms with Crippen LogP contribution in [0.2, 0.25) is 0 Å². The molecular formula is C24H29N5O2S. The fourth-order valence-electron chi connectivity index (χ4n) is 4.22. The molecule has 1 atom stereocenters. The van der Waals surface area contributed by atoms with Crippen LogP contribution in [0.1, 0.15) is 49.1 Å². The largest absolute Gasteiger partial charge is 0.474 e. The van der Waals surface area contributed by atoms with Gasteiger partial charge in [0.1, 0.15) is 16.7 Å². The van der Waals surface area contributed by atoms with Crippen molar-refractivity contribution in [2.24, 2.45) is 0 Å². The highest BCUT2D eigenvalue weighted by atomic mass is 32.1. The molecule has 3 aromatic rings. The number of aliphatic hydroxyl groups is 1. The van der Waals surface area contributed by atoms with Gasteiger partial charge < -0.3 is 20.5 Å². The van der Waals surface area contributed by atoms with Gasteiger partial charge in [0.15, 0.2) is 0 Å². The highest BCUT2D eigenvalue weighted by Crippen LogP contribution is 2.44. The zero-order valence-corrected chi connectivity index (χ0v) is 19.1. The summed E-state index contributed by atoms with van der Waals surface area (Å²) in [5.41, 5.74) is 2.38. The maximum Gasteiger partial charge on any atom is 0.230 e. The Labute approximate surface area is 192 Å². The summed E-state index contributed by atoms with van der Waals surface area (Å²) in [4.78, 5) is 14.5. The maximum atomic E-state index is 10.6. The zero-order valence-electron chi connectivity index (χ0n) is 18.3. The molecule has 8 heteroatoms. The van der Waals surface area contributed by atoms with Gasteiger partial charge in [0.25, 0.3) is 0 Å². The molecular weight excluding hydrogens is 422 g/mol. The Balaban J connectivity index is 1.32. The number of thiazole rings is 1. The molecule has 1 saturated heterocycles. The lowest BCUT2D eigenvalue weighted by Gasteiger charge is -2.34. The molecule has 5 rings (SSSR count). The van der Waals surface area contributed by atoms with Crippen LogP contribution in [0.5, 0.6) is 5.88 Å². The van der Waals surface area contributed by atoms with Crippen LogP contribution in [0.3, 0.4) is 0 Å². The van der Waals surface area contributed by atoms with E-state index in [1.807, 2.05) is 12.3 Å². The van der Waals surface area contributed by atoms with Crippen molar-refractivity contribution in [1.82, 2.24) is 20.3 Å². The van der Waals surface area contributed by atoms with Crippen LogP contribution in [0.15, 0.2) is 36.7 Å². The molecule has 1 aliphatic carbocycles. The summed E-state index contributed by atoms with van der Waals surface area (Å²) in [5.74, 6) is 1.11. The van der Waals surface area contributed by atoms with Crippen molar-refractivity contribution >= 4 is 23.0 Å². The quantitative estimate of drug-likeness (QED) is 0.506. The Morgan fingerprint density at radius 1 is 1.16 bits per heavy atom. The third-order valence-electron chi connectivity index (χ3n) is 6.14. The van der Waals surface area contributed by atoms with Crippen LogP contribution >= 0.6 is 11.3 Å². The van der Waals surface area contributed by atoms with E-state index < -0.39 is 5.60 Å². The monoisotopic (exact) mass is 451 g/mol. The Morgan fingerprint density at radius 3 is 2.91 bits per heavy atom. The van der Waals surface area contributed by atoms with E-state index in [0.717, 1.165) is 78.3 Å². The van der Waals surface area contributed by atoms with E-state index in [-0.39, 0.29) is 6.10 Å². The van der Waals surface area contributed by atoms with Gasteiger partial charge in [-0.25, -0.2) is 9.97 Å². The molecule has 168 valence electrons. The first-order chi connectivity index (χ1) is 15.6. The molecule has 0 bridgehead atoms. The SMILES string of the molecule is Cc1cc(Nc2nccc(OC3CCCNCC3)n2)cc(-c2cnc(C3(O)CCC3)s2)c1. The summed E-state index contributed by atoms with van der Waals surface area (Å²) in [5, 5.41) is 18.2. The number of nitrogens with one attached hydrogen (secondary N) is 2. The maximum absolute atomic E-state index is 10.6. The Hall–Kier alpha value is -2.55. The molecule has 3 N–H and O–H groups in total. The number of hydrogen-bond acceptors (Lipinski definition) is 8. The van der Waals surface area contributed by atoms with E-state index in [2.05, 4.69) is 50.7 Å². The Kier molecular flexibility index (Phi) is 6.08. The lowest BCUT2D eigenvalue weighted by molar-refractivity contribution is -0.0389. The normalized spacial score (nSPS) is 20.2. The van der Waals surface area contributed by atoms with Gasteiger partial charge in [-0.05, 0) is 81.8 Å². The van der Waals surface area contributed by atoms with E-state index in [1.165, 1.54) is 0 Å². The second kappa shape index (κ2) is 9.13. The first-order valence-corrected chi connectivity index (χ1v) is 12.2. The average molecular weight is 452 g/mol. The summed E-state index contributed by atoms with van der Waals surface area (Å²) in [6, 6.07) is 8.09. The minimum atomic E-state index is -0.727. The number of ether oxygens (including phenoxy) is 1. The van der Waals surface area contributed by atoms with Crippen molar-refractivity contribution in [3.63, 3.8) is 0 Å². The van der Waals surface area contributed by atoms with E-state index in [0.29, 0.717) is 11.8 Å². The van der Waals surface area contributed by atoms with Gasteiger partial charge in [0, 0.05) is 24.1 Å². The van der Waals surface area contributed by atoms with Gasteiger partial charge in [-0.1, -0.05) is 6.07 Å². The summed E-state index contributed by atoms with van der Waals surface area (Å²) in [6.45, 7) is 4.09. The number of nitrogens with zero attached hydrogens (tertiary/aromatic N) is 3. The van der Waals surface area contributed by atoms with E-state index in [4.69, 9.17) is 4.74 Å². The second-order valence-corrected chi connectivity index (χ2v) is 9.80. The molecule has 2 aliphatic rings. The van der Waals surface area contributed by atoms with Gasteiger partial charge in [-0.3, -0.25) is 0 Å². The second-order valence-electron chi connectivity index (χ2n) is 8.77. The van der Waals surface area contributed by atoms with E-state index in [1.54, 1.807) is 17.5 Å². The fourth-order valence-corrected chi connectivity index (χ4v) is 5.27. The predicted octanol–water partition coefficient (Wildman–Crippen LogP) is 4.54. The van der Waals surface area contributed by atoms with Crippen molar-refractivity contribution in [1.29, 1.82) is 0 Å². The molecule has 1 aromatic carbocycles. The first kappa shape index (κ1) is 21.3. The molecule has 7 nitrogen and oxygen atoms in total. The van der Waals surface area contributed by atoms with E-state index >= 15 is 0 Å². The molecule has 2 aromatic heterocycles. The zero-order chi connectivity index (χ0) is 22.0. The van der Waals surface area contributed by atoms with Gasteiger partial charge in [0.2, 0.25) is 11.8 Å². The number of aromatic nitrogens is 3. The van der Waals surface area contributed by atoms with Crippen molar-refractivity contribution in [3.05, 3.63) is 47.2 Å². The number of anilines is 2. The summed E-state index contributed by atoms with van der Waals surface area (Å²) >= 11 is 1.57. The van der Waals surface area contributed by atoms with Crippen LogP contribution in [0, 0.1) is 6.92 Å². The standard InChI is InChI=1S/C24H29N5O2S/c1-16-12-17(20-15-27-22(32-20)24(30)7-3-8-24)14-18(13-16)28-23-26-11-6-21(29-23)31-19-4-2-9-25-10-5-19/h6,11-15,19,25,30H,2-5,7-10H2,1H3,(H,26,28,29). The van der Waals surface area contributed by atoms with Crippen molar-refractivity contribution < 1.29 is 9.84 Å². The lowest BCUT2D eigenvalue weighted by atomic mass is 9.81. The third-order valence-corrected chi connectivity index (χ3v) is 7.38. The fraction of sp³-hybridized carbons (Fsp3) is 0.458. The van der Waals surface area contributed by atoms with Crippen LogP contribution < -0.4 is 15.4 Å². The molecule has 1 unspecified atom stereocenters. The summed E-state index contributed by atoms with van der Waals surface area (Å²) < 4.78 is 6.12. The molecule has 0 spiro atoms. The van der Waals surface area contributed by atoms with Crippen molar-refractivity contribution in [2.45, 2.75) is 57.2 Å². The predicted molar refractivity (Wildman–Crippen MR) is 126 cm³/mol. The molecule has 0 radical (unpaired) electrons. The van der Waals surface area contributed by atoms with Crippen LogP contribution in [0.25, 0.3) is 10.4 Å². The minimum absolute atomic E-state index is 0.185.